The van der Waals surface area contributed by atoms with Crippen LogP contribution in [0.25, 0.3) is 0 Å². The largest absolute Gasteiger partial charge is 0.390 e. The van der Waals surface area contributed by atoms with Gasteiger partial charge in [0.15, 0.2) is 0 Å². The zero-order chi connectivity index (χ0) is 15.3. The van der Waals surface area contributed by atoms with Crippen LogP contribution in [0.2, 0.25) is 0 Å². The molecule has 6 unspecified atom stereocenters. The lowest BCUT2D eigenvalue weighted by atomic mass is 9.46. The van der Waals surface area contributed by atoms with Crippen molar-refractivity contribution in [3.05, 3.63) is 0 Å². The van der Waals surface area contributed by atoms with Gasteiger partial charge in [0.05, 0.1) is 11.6 Å². The molecule has 0 aromatic heterocycles. The first-order valence-corrected chi connectivity index (χ1v) is 9.19. The summed E-state index contributed by atoms with van der Waals surface area (Å²) in [5, 5.41) is 10.9. The number of nitrogens with two attached hydrogens (primary N) is 1. The number of fused-ring (bicyclic) bond motifs is 1. The third kappa shape index (κ3) is 1.74. The average Bonchev–Trinajstić information content (AvgIpc) is 3.06. The lowest BCUT2D eigenvalue weighted by molar-refractivity contribution is -0.177. The Balaban J connectivity index is 1.43. The summed E-state index contributed by atoms with van der Waals surface area (Å²) in [6, 6.07) is 0.441. The topological polar surface area (TPSA) is 66.6 Å². The minimum Gasteiger partial charge on any atom is -0.390 e. The molecule has 0 aromatic rings. The van der Waals surface area contributed by atoms with E-state index in [0.29, 0.717) is 23.9 Å². The second-order valence-corrected chi connectivity index (χ2v) is 9.42. The summed E-state index contributed by atoms with van der Waals surface area (Å²) in [6.45, 7) is 2.17. The molecule has 0 aromatic carbocycles. The molecule has 3 N–H and O–H groups in total. The highest BCUT2D eigenvalue weighted by Crippen LogP contribution is 2.63. The molecule has 122 valence electrons. The average molecular weight is 304 g/mol. The van der Waals surface area contributed by atoms with Gasteiger partial charge >= 0.3 is 0 Å². The molecule has 22 heavy (non-hydrogen) atoms. The number of carbonyl (C=O) groups excluding carboxylic acids is 1. The van der Waals surface area contributed by atoms with Crippen LogP contribution in [0, 0.1) is 23.2 Å². The molecule has 6 atom stereocenters. The minimum absolute atomic E-state index is 0.122. The summed E-state index contributed by atoms with van der Waals surface area (Å²) < 4.78 is 0. The van der Waals surface area contributed by atoms with E-state index in [1.807, 2.05) is 0 Å². The molecule has 1 heterocycles. The second-order valence-electron chi connectivity index (χ2n) is 9.42. The van der Waals surface area contributed by atoms with E-state index in [9.17, 15) is 9.90 Å². The van der Waals surface area contributed by atoms with Crippen molar-refractivity contribution in [2.45, 2.75) is 82.0 Å². The van der Waals surface area contributed by atoms with Crippen molar-refractivity contribution in [1.29, 1.82) is 0 Å². The van der Waals surface area contributed by atoms with Crippen molar-refractivity contribution in [3.63, 3.8) is 0 Å². The van der Waals surface area contributed by atoms with Crippen LogP contribution in [-0.2, 0) is 4.79 Å². The van der Waals surface area contributed by atoms with Crippen LogP contribution in [0.3, 0.4) is 0 Å². The molecule has 0 radical (unpaired) electrons. The lowest BCUT2D eigenvalue weighted by Gasteiger charge is -2.61. The molecule has 1 amide bonds. The third-order valence-electron chi connectivity index (χ3n) is 7.62. The minimum atomic E-state index is -0.527. The molecule has 6 aliphatic rings. The molecule has 1 saturated heterocycles. The van der Waals surface area contributed by atoms with E-state index in [1.54, 1.807) is 0 Å². The Bertz CT molecular complexity index is 517. The van der Waals surface area contributed by atoms with Gasteiger partial charge in [0, 0.05) is 12.1 Å². The number of hydrogen-bond acceptors (Lipinski definition) is 3. The van der Waals surface area contributed by atoms with Crippen LogP contribution >= 0.6 is 0 Å². The summed E-state index contributed by atoms with van der Waals surface area (Å²) in [5.41, 5.74) is 5.95. The predicted octanol–water partition coefficient (Wildman–Crippen LogP) is 1.65. The van der Waals surface area contributed by atoms with E-state index in [2.05, 4.69) is 11.8 Å². The number of carbonyl (C=O) groups is 1. The number of rotatable bonds is 2. The van der Waals surface area contributed by atoms with Crippen LogP contribution in [0.1, 0.15) is 58.3 Å². The summed E-state index contributed by atoms with van der Waals surface area (Å²) in [7, 11) is 0. The fourth-order valence-electron chi connectivity index (χ4n) is 7.16. The molecule has 5 saturated carbocycles. The van der Waals surface area contributed by atoms with Gasteiger partial charge in [-0.2, -0.15) is 0 Å². The van der Waals surface area contributed by atoms with Crippen molar-refractivity contribution in [1.82, 2.24) is 4.90 Å². The molecule has 1 aliphatic heterocycles. The number of amides is 1. The highest BCUT2D eigenvalue weighted by molar-refractivity contribution is 5.84. The Hall–Kier alpha value is -0.610. The zero-order valence-electron chi connectivity index (χ0n) is 13.5. The highest BCUT2D eigenvalue weighted by atomic mass is 16.3. The fraction of sp³-hybridized carbons (Fsp3) is 0.944. The van der Waals surface area contributed by atoms with E-state index >= 15 is 0 Å². The van der Waals surface area contributed by atoms with Gasteiger partial charge in [-0.3, -0.25) is 4.79 Å². The van der Waals surface area contributed by atoms with Crippen LogP contribution < -0.4 is 5.73 Å². The Morgan fingerprint density at radius 3 is 2.41 bits per heavy atom. The van der Waals surface area contributed by atoms with Gasteiger partial charge in [-0.15, -0.1) is 0 Å². The van der Waals surface area contributed by atoms with Crippen molar-refractivity contribution in [2.75, 3.05) is 0 Å². The predicted molar refractivity (Wildman–Crippen MR) is 82.9 cm³/mol. The summed E-state index contributed by atoms with van der Waals surface area (Å²) in [4.78, 5) is 15.2. The third-order valence-corrected chi connectivity index (χ3v) is 7.62. The van der Waals surface area contributed by atoms with Gasteiger partial charge < -0.3 is 15.7 Å². The van der Waals surface area contributed by atoms with Gasteiger partial charge in [0.2, 0.25) is 5.91 Å². The van der Waals surface area contributed by atoms with Crippen LogP contribution in [0.5, 0.6) is 0 Å². The zero-order valence-corrected chi connectivity index (χ0v) is 13.5. The number of hydrogen-bond donors (Lipinski definition) is 2. The molecule has 5 aliphatic carbocycles. The smallest absolute Gasteiger partial charge is 0.240 e. The molecule has 4 bridgehead atoms. The van der Waals surface area contributed by atoms with Crippen molar-refractivity contribution in [3.8, 4) is 0 Å². The van der Waals surface area contributed by atoms with Gasteiger partial charge in [-0.25, -0.2) is 0 Å². The summed E-state index contributed by atoms with van der Waals surface area (Å²) >= 11 is 0. The maximum Gasteiger partial charge on any atom is 0.240 e. The maximum atomic E-state index is 13.1. The molecule has 6 fully saturated rings. The van der Waals surface area contributed by atoms with E-state index in [-0.39, 0.29) is 11.3 Å². The van der Waals surface area contributed by atoms with Gasteiger partial charge in [0.25, 0.3) is 0 Å². The number of piperidine rings is 1. The summed E-state index contributed by atoms with van der Waals surface area (Å²) in [5.74, 6) is 2.11. The number of aliphatic hydroxyl groups is 1. The maximum absolute atomic E-state index is 13.1. The molecule has 6 rings (SSSR count). The molecule has 4 nitrogen and oxygen atoms in total. The van der Waals surface area contributed by atoms with Crippen molar-refractivity contribution < 1.29 is 9.90 Å². The second kappa shape index (κ2) is 4.07. The normalized spacial score (nSPS) is 56.1. The van der Waals surface area contributed by atoms with Crippen molar-refractivity contribution in [2.24, 2.45) is 28.9 Å². The molecule has 4 heteroatoms. The number of likely N-dealkylation sites (tertiary alicyclic amines) is 1. The lowest BCUT2D eigenvalue weighted by Crippen LogP contribution is -2.64. The Kier molecular flexibility index (Phi) is 2.55. The first-order valence-electron chi connectivity index (χ1n) is 9.19. The van der Waals surface area contributed by atoms with Crippen molar-refractivity contribution >= 4 is 5.91 Å². The fourth-order valence-corrected chi connectivity index (χ4v) is 7.16. The van der Waals surface area contributed by atoms with Crippen LogP contribution in [0.15, 0.2) is 0 Å². The van der Waals surface area contributed by atoms with E-state index in [1.165, 1.54) is 12.8 Å². The molecular formula is C18H28N2O2. The SMILES string of the molecule is CC1CC2CC2N1C(=O)C(N)C12CC3CC(CC(O)(C3)C1)C2. The van der Waals surface area contributed by atoms with E-state index < -0.39 is 11.6 Å². The Labute approximate surface area is 132 Å². The summed E-state index contributed by atoms with van der Waals surface area (Å²) in [6.07, 6.45) is 8.36. The van der Waals surface area contributed by atoms with Gasteiger partial charge in [0.1, 0.15) is 0 Å². The first kappa shape index (κ1) is 13.8. The van der Waals surface area contributed by atoms with Crippen LogP contribution in [-0.4, -0.2) is 39.6 Å². The monoisotopic (exact) mass is 304 g/mol. The van der Waals surface area contributed by atoms with E-state index in [4.69, 9.17) is 5.73 Å². The van der Waals surface area contributed by atoms with Gasteiger partial charge in [-0.05, 0) is 81.5 Å². The molecular weight excluding hydrogens is 276 g/mol. The van der Waals surface area contributed by atoms with Gasteiger partial charge in [-0.1, -0.05) is 0 Å². The quantitative estimate of drug-likeness (QED) is 0.815. The molecule has 0 spiro atoms. The number of nitrogens with zero attached hydrogens (tertiary/aromatic N) is 1. The Morgan fingerprint density at radius 2 is 1.86 bits per heavy atom. The highest BCUT2D eigenvalue weighted by Gasteiger charge is 2.62. The van der Waals surface area contributed by atoms with E-state index in [0.717, 1.165) is 44.4 Å². The standard InChI is InChI=1S/C18H28N2O2/c1-10-2-13-4-14(13)20(10)16(21)15(19)17-5-11-3-12(6-17)8-18(22,7-11)9-17/h10-15,22H,2-9,19H2,1H3. The first-order chi connectivity index (χ1) is 10.4. The Morgan fingerprint density at radius 1 is 1.18 bits per heavy atom. The van der Waals surface area contributed by atoms with Crippen LogP contribution in [0.4, 0.5) is 0 Å².